The maximum absolute atomic E-state index is 11.4. The van der Waals surface area contributed by atoms with Crippen molar-refractivity contribution in [1.82, 2.24) is 10.6 Å². The molecule has 86 valence electrons. The predicted octanol–water partition coefficient (Wildman–Crippen LogP) is -0.958. The van der Waals surface area contributed by atoms with Crippen molar-refractivity contribution in [3.05, 3.63) is 0 Å². The normalized spacial score (nSPS) is 35.1. The van der Waals surface area contributed by atoms with Crippen molar-refractivity contribution in [3.63, 3.8) is 0 Å². The average molecular weight is 232 g/mol. The second-order valence-corrected chi connectivity index (χ2v) is 6.48. The summed E-state index contributed by atoms with van der Waals surface area (Å²) >= 11 is 0. The van der Waals surface area contributed by atoms with Gasteiger partial charge < -0.3 is 10.6 Å². The SMILES string of the molecule is O=C1NCCCC1NC1CCS(=O)(=O)C1. The van der Waals surface area contributed by atoms with Crippen LogP contribution in [0.25, 0.3) is 0 Å². The molecular weight excluding hydrogens is 216 g/mol. The van der Waals surface area contributed by atoms with Crippen LogP contribution in [0, 0.1) is 0 Å². The summed E-state index contributed by atoms with van der Waals surface area (Å²) in [5, 5.41) is 5.91. The number of hydrogen-bond donors (Lipinski definition) is 2. The standard InChI is InChI=1S/C9H16N2O3S/c12-9-8(2-1-4-10-9)11-7-3-5-15(13,14)6-7/h7-8,11H,1-6H2,(H,10,12). The fourth-order valence-corrected chi connectivity index (χ4v) is 3.83. The van der Waals surface area contributed by atoms with Crippen LogP contribution in [0.5, 0.6) is 0 Å². The van der Waals surface area contributed by atoms with Gasteiger partial charge in [0.05, 0.1) is 17.5 Å². The van der Waals surface area contributed by atoms with Gasteiger partial charge in [-0.2, -0.15) is 0 Å². The quantitative estimate of drug-likeness (QED) is 0.643. The van der Waals surface area contributed by atoms with Crippen molar-refractivity contribution >= 4 is 15.7 Å². The second-order valence-electron chi connectivity index (χ2n) is 4.25. The van der Waals surface area contributed by atoms with Gasteiger partial charge in [-0.1, -0.05) is 0 Å². The molecule has 5 nitrogen and oxygen atoms in total. The van der Waals surface area contributed by atoms with Crippen LogP contribution in [0.3, 0.4) is 0 Å². The summed E-state index contributed by atoms with van der Waals surface area (Å²) in [6.07, 6.45) is 2.40. The molecule has 2 rings (SSSR count). The maximum atomic E-state index is 11.4. The van der Waals surface area contributed by atoms with Crippen molar-refractivity contribution in [3.8, 4) is 0 Å². The van der Waals surface area contributed by atoms with Gasteiger partial charge in [0, 0.05) is 12.6 Å². The van der Waals surface area contributed by atoms with Gasteiger partial charge in [0.25, 0.3) is 0 Å². The van der Waals surface area contributed by atoms with Gasteiger partial charge in [-0.15, -0.1) is 0 Å². The summed E-state index contributed by atoms with van der Waals surface area (Å²) in [6.45, 7) is 0.736. The molecule has 2 fully saturated rings. The first kappa shape index (κ1) is 10.9. The molecule has 2 N–H and O–H groups in total. The molecule has 2 saturated heterocycles. The maximum Gasteiger partial charge on any atom is 0.237 e. The topological polar surface area (TPSA) is 75.3 Å². The molecule has 2 unspecified atom stereocenters. The van der Waals surface area contributed by atoms with Crippen LogP contribution in [-0.4, -0.2) is 44.5 Å². The summed E-state index contributed by atoms with van der Waals surface area (Å²) in [4.78, 5) is 11.4. The summed E-state index contributed by atoms with van der Waals surface area (Å²) in [7, 11) is -2.86. The number of hydrogen-bond acceptors (Lipinski definition) is 4. The Kier molecular flexibility index (Phi) is 2.97. The van der Waals surface area contributed by atoms with Crippen LogP contribution in [0.1, 0.15) is 19.3 Å². The van der Waals surface area contributed by atoms with E-state index in [4.69, 9.17) is 0 Å². The predicted molar refractivity (Wildman–Crippen MR) is 56.2 cm³/mol. The third-order valence-electron chi connectivity index (χ3n) is 2.95. The summed E-state index contributed by atoms with van der Waals surface area (Å²) < 4.78 is 22.4. The zero-order valence-corrected chi connectivity index (χ0v) is 9.35. The summed E-state index contributed by atoms with van der Waals surface area (Å²) in [5.74, 6) is 0.432. The van der Waals surface area contributed by atoms with E-state index in [-0.39, 0.29) is 29.5 Å². The van der Waals surface area contributed by atoms with Gasteiger partial charge in [-0.25, -0.2) is 8.42 Å². The van der Waals surface area contributed by atoms with Crippen molar-refractivity contribution in [1.29, 1.82) is 0 Å². The van der Waals surface area contributed by atoms with Gasteiger partial charge in [0.2, 0.25) is 5.91 Å². The van der Waals surface area contributed by atoms with Crippen LogP contribution in [0.15, 0.2) is 0 Å². The number of amides is 1. The highest BCUT2D eigenvalue weighted by atomic mass is 32.2. The minimum absolute atomic E-state index is 0.00514. The number of carbonyl (C=O) groups excluding carboxylic acids is 1. The lowest BCUT2D eigenvalue weighted by Gasteiger charge is -2.25. The van der Waals surface area contributed by atoms with Gasteiger partial charge in [0.1, 0.15) is 0 Å². The van der Waals surface area contributed by atoms with Crippen molar-refractivity contribution in [2.75, 3.05) is 18.1 Å². The molecule has 0 aromatic carbocycles. The zero-order valence-electron chi connectivity index (χ0n) is 8.53. The van der Waals surface area contributed by atoms with E-state index >= 15 is 0 Å². The lowest BCUT2D eigenvalue weighted by molar-refractivity contribution is -0.124. The Hall–Kier alpha value is -0.620. The zero-order chi connectivity index (χ0) is 10.9. The van der Waals surface area contributed by atoms with E-state index in [0.717, 1.165) is 19.4 Å². The fourth-order valence-electron chi connectivity index (χ4n) is 2.14. The van der Waals surface area contributed by atoms with Gasteiger partial charge in [-0.05, 0) is 19.3 Å². The lowest BCUT2D eigenvalue weighted by atomic mass is 10.1. The van der Waals surface area contributed by atoms with Crippen LogP contribution in [0.4, 0.5) is 0 Å². The minimum atomic E-state index is -2.86. The van der Waals surface area contributed by atoms with Gasteiger partial charge in [0.15, 0.2) is 9.84 Å². The molecule has 0 aromatic rings. The fraction of sp³-hybridized carbons (Fsp3) is 0.889. The first-order valence-electron chi connectivity index (χ1n) is 5.31. The number of piperidine rings is 1. The molecule has 2 atom stereocenters. The van der Waals surface area contributed by atoms with Gasteiger partial charge in [-0.3, -0.25) is 4.79 Å². The Bertz CT molecular complexity index is 352. The van der Waals surface area contributed by atoms with Crippen LogP contribution >= 0.6 is 0 Å². The van der Waals surface area contributed by atoms with Crippen LogP contribution < -0.4 is 10.6 Å². The average Bonchev–Trinajstić information content (AvgIpc) is 2.50. The molecule has 15 heavy (non-hydrogen) atoms. The Morgan fingerprint density at radius 2 is 2.13 bits per heavy atom. The number of nitrogens with one attached hydrogen (secondary N) is 2. The van der Waals surface area contributed by atoms with Crippen molar-refractivity contribution in [2.24, 2.45) is 0 Å². The Morgan fingerprint density at radius 3 is 2.73 bits per heavy atom. The van der Waals surface area contributed by atoms with Crippen LogP contribution in [0.2, 0.25) is 0 Å². The minimum Gasteiger partial charge on any atom is -0.355 e. The highest BCUT2D eigenvalue weighted by Crippen LogP contribution is 2.13. The van der Waals surface area contributed by atoms with Crippen molar-refractivity contribution in [2.45, 2.75) is 31.3 Å². The molecule has 2 aliphatic rings. The molecule has 0 bridgehead atoms. The van der Waals surface area contributed by atoms with E-state index < -0.39 is 9.84 Å². The third kappa shape index (κ3) is 2.69. The largest absolute Gasteiger partial charge is 0.355 e. The van der Waals surface area contributed by atoms with E-state index in [1.54, 1.807) is 0 Å². The third-order valence-corrected chi connectivity index (χ3v) is 4.72. The highest BCUT2D eigenvalue weighted by molar-refractivity contribution is 7.91. The molecule has 0 aromatic heterocycles. The first-order valence-corrected chi connectivity index (χ1v) is 7.13. The van der Waals surface area contributed by atoms with Crippen LogP contribution in [-0.2, 0) is 14.6 Å². The van der Waals surface area contributed by atoms with E-state index in [1.807, 2.05) is 0 Å². The number of carbonyl (C=O) groups is 1. The lowest BCUT2D eigenvalue weighted by Crippen LogP contribution is -2.51. The number of rotatable bonds is 2. The van der Waals surface area contributed by atoms with Crippen molar-refractivity contribution < 1.29 is 13.2 Å². The first-order chi connectivity index (χ1) is 7.07. The Morgan fingerprint density at radius 1 is 1.33 bits per heavy atom. The summed E-state index contributed by atoms with van der Waals surface area (Å²) in [6, 6.07) is -0.235. The van der Waals surface area contributed by atoms with E-state index in [9.17, 15) is 13.2 Å². The molecule has 6 heteroatoms. The Labute approximate surface area is 89.5 Å². The molecule has 0 radical (unpaired) electrons. The van der Waals surface area contributed by atoms with Gasteiger partial charge >= 0.3 is 0 Å². The van der Waals surface area contributed by atoms with E-state index in [1.165, 1.54) is 0 Å². The molecule has 2 aliphatic heterocycles. The van der Waals surface area contributed by atoms with E-state index in [2.05, 4.69) is 10.6 Å². The molecule has 1 amide bonds. The molecule has 0 spiro atoms. The monoisotopic (exact) mass is 232 g/mol. The smallest absolute Gasteiger partial charge is 0.237 e. The molecule has 0 saturated carbocycles. The van der Waals surface area contributed by atoms with E-state index in [0.29, 0.717) is 6.42 Å². The molecule has 0 aliphatic carbocycles. The molecule has 2 heterocycles. The summed E-state index contributed by atoms with van der Waals surface area (Å²) in [5.41, 5.74) is 0. The highest BCUT2D eigenvalue weighted by Gasteiger charge is 2.31. The number of sulfone groups is 1. The molecular formula is C9H16N2O3S. The Balaban J connectivity index is 1.89. The second kappa shape index (κ2) is 4.09.